The summed E-state index contributed by atoms with van der Waals surface area (Å²) in [5.41, 5.74) is 3.83. The maximum Gasteiger partial charge on any atom is 0.129 e. The third kappa shape index (κ3) is 3.55. The molecule has 20 heavy (non-hydrogen) atoms. The zero-order valence-corrected chi connectivity index (χ0v) is 12.7. The van der Waals surface area contributed by atoms with E-state index in [1.165, 1.54) is 12.1 Å². The molecule has 106 valence electrons. The van der Waals surface area contributed by atoms with Gasteiger partial charge in [0.05, 0.1) is 11.1 Å². The Morgan fingerprint density at radius 3 is 2.55 bits per heavy atom. The zero-order chi connectivity index (χ0) is 14.7. The Morgan fingerprint density at radius 1 is 1.20 bits per heavy atom. The van der Waals surface area contributed by atoms with E-state index in [2.05, 4.69) is 21.4 Å². The van der Waals surface area contributed by atoms with E-state index in [9.17, 15) is 8.78 Å². The van der Waals surface area contributed by atoms with Crippen molar-refractivity contribution in [2.45, 2.75) is 12.5 Å². The minimum atomic E-state index is -0.602. The van der Waals surface area contributed by atoms with Crippen molar-refractivity contribution in [1.29, 1.82) is 0 Å². The van der Waals surface area contributed by atoms with Crippen molar-refractivity contribution in [1.82, 2.24) is 5.43 Å². The van der Waals surface area contributed by atoms with Gasteiger partial charge in [-0.15, -0.1) is 0 Å². The summed E-state index contributed by atoms with van der Waals surface area (Å²) in [5.74, 6) is 4.33. The first-order chi connectivity index (χ1) is 9.51. The fourth-order valence-corrected chi connectivity index (χ4v) is 2.34. The molecule has 2 rings (SSSR count). The largest absolute Gasteiger partial charge is 0.271 e. The second-order valence-corrected chi connectivity index (χ2v) is 5.59. The van der Waals surface area contributed by atoms with Gasteiger partial charge in [-0.25, -0.2) is 8.78 Å². The molecule has 0 saturated carbocycles. The normalized spacial score (nSPS) is 12.4. The predicted octanol–water partition coefficient (Wildman–Crippen LogP) is 4.13. The molecule has 0 spiro atoms. The maximum absolute atomic E-state index is 13.7. The molecule has 0 aromatic heterocycles. The highest BCUT2D eigenvalue weighted by molar-refractivity contribution is 9.10. The van der Waals surface area contributed by atoms with Crippen LogP contribution in [0.1, 0.15) is 17.2 Å². The first kappa shape index (κ1) is 15.4. The van der Waals surface area contributed by atoms with E-state index in [1.54, 1.807) is 12.1 Å². The van der Waals surface area contributed by atoms with Crippen molar-refractivity contribution in [3.05, 3.63) is 68.7 Å². The Labute approximate surface area is 129 Å². The predicted molar refractivity (Wildman–Crippen MR) is 79.3 cm³/mol. The van der Waals surface area contributed by atoms with Crippen molar-refractivity contribution >= 4 is 27.5 Å². The lowest BCUT2D eigenvalue weighted by Crippen LogP contribution is -2.29. The molecular weight excluding hydrogens is 350 g/mol. The molecule has 0 bridgehead atoms. The minimum Gasteiger partial charge on any atom is -0.271 e. The first-order valence-corrected chi connectivity index (χ1v) is 7.03. The van der Waals surface area contributed by atoms with Crippen LogP contribution in [-0.4, -0.2) is 0 Å². The fraction of sp³-hybridized carbons (Fsp3) is 0.143. The average Bonchev–Trinajstić information content (AvgIpc) is 2.41. The summed E-state index contributed by atoms with van der Waals surface area (Å²) < 4.78 is 27.3. The van der Waals surface area contributed by atoms with E-state index >= 15 is 0 Å². The lowest BCUT2D eigenvalue weighted by Gasteiger charge is -2.17. The third-order valence-electron chi connectivity index (χ3n) is 2.99. The molecule has 2 aromatic carbocycles. The van der Waals surface area contributed by atoms with Crippen molar-refractivity contribution in [2.24, 2.45) is 5.84 Å². The summed E-state index contributed by atoms with van der Waals surface area (Å²) >= 11 is 9.33. The van der Waals surface area contributed by atoms with Gasteiger partial charge in [0, 0.05) is 10.5 Å². The molecule has 1 unspecified atom stereocenters. The molecule has 6 heteroatoms. The third-order valence-corrected chi connectivity index (χ3v) is 4.22. The Hall–Kier alpha value is -1.01. The summed E-state index contributed by atoms with van der Waals surface area (Å²) in [6, 6.07) is 8.55. The van der Waals surface area contributed by atoms with Crippen molar-refractivity contribution in [2.75, 3.05) is 0 Å². The second kappa shape index (κ2) is 6.63. The van der Waals surface area contributed by atoms with E-state index in [4.69, 9.17) is 17.4 Å². The van der Waals surface area contributed by atoms with Gasteiger partial charge in [-0.1, -0.05) is 23.7 Å². The van der Waals surface area contributed by atoms with Gasteiger partial charge in [0.15, 0.2) is 0 Å². The van der Waals surface area contributed by atoms with Crippen LogP contribution in [0, 0.1) is 11.6 Å². The van der Waals surface area contributed by atoms with E-state index in [-0.39, 0.29) is 6.04 Å². The summed E-state index contributed by atoms with van der Waals surface area (Å²) in [6.07, 6.45) is 0.292. The van der Waals surface area contributed by atoms with E-state index in [0.29, 0.717) is 17.0 Å². The molecule has 0 heterocycles. The highest BCUT2D eigenvalue weighted by atomic mass is 79.9. The molecule has 3 N–H and O–H groups in total. The smallest absolute Gasteiger partial charge is 0.129 e. The topological polar surface area (TPSA) is 38.0 Å². The number of hydrogen-bond acceptors (Lipinski definition) is 2. The molecule has 2 nitrogen and oxygen atoms in total. The van der Waals surface area contributed by atoms with Crippen LogP contribution in [0.4, 0.5) is 8.78 Å². The Bertz CT molecular complexity index is 622. The van der Waals surface area contributed by atoms with Crippen molar-refractivity contribution < 1.29 is 8.78 Å². The summed E-state index contributed by atoms with van der Waals surface area (Å²) in [4.78, 5) is 0. The Morgan fingerprint density at radius 2 is 1.95 bits per heavy atom. The van der Waals surface area contributed by atoms with Crippen LogP contribution >= 0.6 is 27.5 Å². The van der Waals surface area contributed by atoms with E-state index in [0.717, 1.165) is 16.1 Å². The van der Waals surface area contributed by atoms with Gasteiger partial charge in [0.25, 0.3) is 0 Å². The molecule has 0 amide bonds. The lowest BCUT2D eigenvalue weighted by atomic mass is 9.99. The van der Waals surface area contributed by atoms with Crippen LogP contribution in [0.25, 0.3) is 0 Å². The molecule has 1 atom stereocenters. The summed E-state index contributed by atoms with van der Waals surface area (Å²) in [7, 11) is 0. The first-order valence-electron chi connectivity index (χ1n) is 5.86. The van der Waals surface area contributed by atoms with Crippen molar-refractivity contribution in [3.63, 3.8) is 0 Å². The van der Waals surface area contributed by atoms with Crippen LogP contribution in [0.15, 0.2) is 40.9 Å². The van der Waals surface area contributed by atoms with Gasteiger partial charge in [0.1, 0.15) is 11.6 Å². The monoisotopic (exact) mass is 360 g/mol. The molecule has 0 aliphatic rings. The second-order valence-electron chi connectivity index (χ2n) is 4.33. The fourth-order valence-electron chi connectivity index (χ4n) is 1.91. The van der Waals surface area contributed by atoms with E-state index < -0.39 is 11.6 Å². The van der Waals surface area contributed by atoms with Gasteiger partial charge in [-0.2, -0.15) is 0 Å². The van der Waals surface area contributed by atoms with Crippen molar-refractivity contribution in [3.8, 4) is 0 Å². The van der Waals surface area contributed by atoms with Gasteiger partial charge in [0.2, 0.25) is 0 Å². The quantitative estimate of drug-likeness (QED) is 0.635. The molecule has 0 aliphatic carbocycles. The highest BCUT2D eigenvalue weighted by Crippen LogP contribution is 2.27. The number of hydrogen-bond donors (Lipinski definition) is 2. The molecule has 0 fully saturated rings. The minimum absolute atomic E-state index is 0.292. The Kier molecular flexibility index (Phi) is 5.10. The Balaban J connectivity index is 2.26. The highest BCUT2D eigenvalue weighted by Gasteiger charge is 2.14. The summed E-state index contributed by atoms with van der Waals surface area (Å²) in [6.45, 7) is 0. The van der Waals surface area contributed by atoms with Gasteiger partial charge in [-0.05, 0) is 51.7 Å². The van der Waals surface area contributed by atoms with Crippen LogP contribution in [0.5, 0.6) is 0 Å². The molecule has 2 aromatic rings. The number of nitrogens with one attached hydrogen (secondary N) is 1. The number of halogens is 4. The van der Waals surface area contributed by atoms with Crippen LogP contribution in [0.3, 0.4) is 0 Å². The molecule has 0 radical (unpaired) electrons. The zero-order valence-electron chi connectivity index (χ0n) is 10.3. The van der Waals surface area contributed by atoms with Crippen LogP contribution < -0.4 is 11.3 Å². The maximum atomic E-state index is 13.7. The number of nitrogens with two attached hydrogens (primary N) is 1. The number of hydrazine groups is 1. The van der Waals surface area contributed by atoms with E-state index in [1.807, 2.05) is 6.07 Å². The number of benzene rings is 2. The van der Waals surface area contributed by atoms with Crippen LogP contribution in [0.2, 0.25) is 5.02 Å². The SMILES string of the molecule is NNC(Cc1ccc(F)cc1F)c1ccc(Br)c(Cl)c1. The van der Waals surface area contributed by atoms with Gasteiger partial charge >= 0.3 is 0 Å². The van der Waals surface area contributed by atoms with Crippen LogP contribution in [-0.2, 0) is 6.42 Å². The van der Waals surface area contributed by atoms with Gasteiger partial charge < -0.3 is 0 Å². The lowest BCUT2D eigenvalue weighted by molar-refractivity contribution is 0.522. The van der Waals surface area contributed by atoms with Gasteiger partial charge in [-0.3, -0.25) is 11.3 Å². The number of rotatable bonds is 4. The molecule has 0 saturated heterocycles. The summed E-state index contributed by atoms with van der Waals surface area (Å²) in [5, 5.41) is 0.544. The standard InChI is InChI=1S/C14H12BrClF2N2/c15-11-4-2-9(5-12(11)16)14(20-19)6-8-1-3-10(17)7-13(8)18/h1-5,7,14,20H,6,19H2. The molecular formula is C14H12BrClF2N2. The molecule has 0 aliphatic heterocycles. The average molecular weight is 362 g/mol.